The van der Waals surface area contributed by atoms with Gasteiger partial charge in [-0.25, -0.2) is 0 Å². The van der Waals surface area contributed by atoms with Gasteiger partial charge in [0.1, 0.15) is 0 Å². The number of aromatic amines is 1. The van der Waals surface area contributed by atoms with Crippen LogP contribution in [0.25, 0.3) is 10.9 Å². The number of nitrogens with zero attached hydrogens (tertiary/aromatic N) is 2. The van der Waals surface area contributed by atoms with Crippen molar-refractivity contribution in [3.8, 4) is 0 Å². The number of benzene rings is 2. The number of amides is 1. The van der Waals surface area contributed by atoms with Crippen LogP contribution in [0.5, 0.6) is 0 Å². The summed E-state index contributed by atoms with van der Waals surface area (Å²) in [6, 6.07) is 16.6. The molecule has 0 bridgehead atoms. The fourth-order valence-corrected chi connectivity index (χ4v) is 4.16. The van der Waals surface area contributed by atoms with E-state index in [9.17, 15) is 4.79 Å². The van der Waals surface area contributed by atoms with Gasteiger partial charge >= 0.3 is 0 Å². The molecule has 1 fully saturated rings. The number of nitrogens with one attached hydrogen (secondary N) is 1. The number of aromatic nitrogens is 1. The molecule has 1 saturated heterocycles. The number of H-pyrrole nitrogens is 1. The minimum Gasteiger partial charge on any atom is -0.361 e. The number of hydrogen-bond donors (Lipinski definition) is 1. The maximum Gasteiger partial charge on any atom is 0.255 e. The molecule has 4 nitrogen and oxygen atoms in total. The molecule has 2 aromatic carbocycles. The monoisotopic (exact) mass is 381 g/mol. The van der Waals surface area contributed by atoms with Crippen molar-refractivity contribution in [2.45, 2.75) is 32.5 Å². The SMILES string of the molecule is C[C@@H]1CN(Cc2ccccc2)[C@@H](C)CN1C(=O)c1cc2cc[nH]c2cc1Cl. The summed E-state index contributed by atoms with van der Waals surface area (Å²) in [6.07, 6.45) is 1.86. The van der Waals surface area contributed by atoms with Crippen molar-refractivity contribution in [1.29, 1.82) is 0 Å². The van der Waals surface area contributed by atoms with Crippen molar-refractivity contribution >= 4 is 28.4 Å². The summed E-state index contributed by atoms with van der Waals surface area (Å²) >= 11 is 6.42. The van der Waals surface area contributed by atoms with Crippen LogP contribution in [0, 0.1) is 0 Å². The first kappa shape index (κ1) is 18.1. The number of piperazine rings is 1. The minimum absolute atomic E-state index is 0.0156. The molecule has 5 heteroatoms. The zero-order valence-corrected chi connectivity index (χ0v) is 16.4. The highest BCUT2D eigenvalue weighted by molar-refractivity contribution is 6.34. The van der Waals surface area contributed by atoms with E-state index in [1.54, 1.807) is 0 Å². The summed E-state index contributed by atoms with van der Waals surface area (Å²) in [4.78, 5) is 20.8. The molecule has 0 spiro atoms. The molecule has 4 rings (SSSR count). The second-order valence-corrected chi connectivity index (χ2v) is 7.87. The molecule has 0 unspecified atom stereocenters. The molecule has 1 aromatic heterocycles. The van der Waals surface area contributed by atoms with Crippen LogP contribution in [0.2, 0.25) is 5.02 Å². The van der Waals surface area contributed by atoms with Crippen molar-refractivity contribution in [2.24, 2.45) is 0 Å². The Morgan fingerprint density at radius 1 is 1.11 bits per heavy atom. The molecule has 1 amide bonds. The van der Waals surface area contributed by atoms with Crippen LogP contribution >= 0.6 is 11.6 Å². The molecule has 1 N–H and O–H groups in total. The van der Waals surface area contributed by atoms with Crippen molar-refractivity contribution in [3.63, 3.8) is 0 Å². The Morgan fingerprint density at radius 2 is 1.89 bits per heavy atom. The zero-order valence-electron chi connectivity index (χ0n) is 15.7. The van der Waals surface area contributed by atoms with E-state index in [2.05, 4.69) is 48.0 Å². The number of rotatable bonds is 3. The Balaban J connectivity index is 1.52. The van der Waals surface area contributed by atoms with E-state index in [4.69, 9.17) is 11.6 Å². The Labute approximate surface area is 164 Å². The van der Waals surface area contributed by atoms with Gasteiger partial charge < -0.3 is 9.88 Å². The van der Waals surface area contributed by atoms with Crippen LogP contribution in [0.15, 0.2) is 54.7 Å². The van der Waals surface area contributed by atoms with Gasteiger partial charge in [0.15, 0.2) is 0 Å². The Hall–Kier alpha value is -2.30. The largest absolute Gasteiger partial charge is 0.361 e. The van der Waals surface area contributed by atoms with Crippen molar-refractivity contribution in [3.05, 3.63) is 70.9 Å². The lowest BCUT2D eigenvalue weighted by atomic mass is 10.0. The highest BCUT2D eigenvalue weighted by Crippen LogP contribution is 2.27. The summed E-state index contributed by atoms with van der Waals surface area (Å²) in [5, 5.41) is 1.51. The molecule has 0 aliphatic carbocycles. The average molecular weight is 382 g/mol. The van der Waals surface area contributed by atoms with E-state index in [-0.39, 0.29) is 11.9 Å². The van der Waals surface area contributed by atoms with Crippen LogP contribution < -0.4 is 0 Å². The van der Waals surface area contributed by atoms with Crippen LogP contribution in [-0.4, -0.2) is 45.9 Å². The van der Waals surface area contributed by atoms with Gasteiger partial charge in [0.05, 0.1) is 10.6 Å². The van der Waals surface area contributed by atoms with Crippen molar-refractivity contribution < 1.29 is 4.79 Å². The van der Waals surface area contributed by atoms with Crippen LogP contribution in [-0.2, 0) is 6.54 Å². The fraction of sp³-hybridized carbons (Fsp3) is 0.318. The van der Waals surface area contributed by atoms with Crippen LogP contribution in [0.1, 0.15) is 29.8 Å². The molecule has 3 aromatic rings. The first-order valence-corrected chi connectivity index (χ1v) is 9.76. The van der Waals surface area contributed by atoms with E-state index < -0.39 is 0 Å². The number of hydrogen-bond acceptors (Lipinski definition) is 2. The molecular weight excluding hydrogens is 358 g/mol. The molecule has 0 radical (unpaired) electrons. The maximum absolute atomic E-state index is 13.2. The lowest BCUT2D eigenvalue weighted by Crippen LogP contribution is -2.57. The molecule has 1 aliphatic heterocycles. The predicted molar refractivity (Wildman–Crippen MR) is 110 cm³/mol. The topological polar surface area (TPSA) is 39.3 Å². The van der Waals surface area contributed by atoms with Gasteiger partial charge in [0, 0.05) is 48.8 Å². The van der Waals surface area contributed by atoms with Gasteiger partial charge in [-0.3, -0.25) is 9.69 Å². The molecule has 0 saturated carbocycles. The first-order valence-electron chi connectivity index (χ1n) is 9.38. The zero-order chi connectivity index (χ0) is 19.0. The second-order valence-electron chi connectivity index (χ2n) is 7.47. The number of carbonyl (C=O) groups is 1. The maximum atomic E-state index is 13.2. The predicted octanol–water partition coefficient (Wildman–Crippen LogP) is 4.56. The lowest BCUT2D eigenvalue weighted by molar-refractivity contribution is 0.0291. The average Bonchev–Trinajstić information content (AvgIpc) is 3.11. The van der Waals surface area contributed by atoms with Crippen molar-refractivity contribution in [2.75, 3.05) is 13.1 Å². The van der Waals surface area contributed by atoms with Crippen LogP contribution in [0.4, 0.5) is 0 Å². The molecule has 2 heterocycles. The normalized spacial score (nSPS) is 20.9. The Bertz CT molecular complexity index is 953. The third-order valence-electron chi connectivity index (χ3n) is 5.48. The summed E-state index contributed by atoms with van der Waals surface area (Å²) in [7, 11) is 0. The highest BCUT2D eigenvalue weighted by Gasteiger charge is 2.33. The number of fused-ring (bicyclic) bond motifs is 1. The Morgan fingerprint density at radius 3 is 2.67 bits per heavy atom. The third kappa shape index (κ3) is 3.60. The molecule has 1 aliphatic rings. The second kappa shape index (κ2) is 7.37. The smallest absolute Gasteiger partial charge is 0.255 e. The third-order valence-corrected chi connectivity index (χ3v) is 5.79. The molecular formula is C22H24ClN3O. The summed E-state index contributed by atoms with van der Waals surface area (Å²) < 4.78 is 0. The van der Waals surface area contributed by atoms with Gasteiger partial charge in [0.2, 0.25) is 0 Å². The van der Waals surface area contributed by atoms with Gasteiger partial charge in [0.25, 0.3) is 5.91 Å². The van der Waals surface area contributed by atoms with E-state index in [0.29, 0.717) is 23.2 Å². The van der Waals surface area contributed by atoms with Crippen molar-refractivity contribution in [1.82, 2.24) is 14.8 Å². The highest BCUT2D eigenvalue weighted by atomic mass is 35.5. The van der Waals surface area contributed by atoms with Gasteiger partial charge in [-0.15, -0.1) is 0 Å². The minimum atomic E-state index is 0.0156. The molecule has 2 atom stereocenters. The number of carbonyl (C=O) groups excluding carboxylic acids is 1. The standard InChI is InChI=1S/C22H24ClN3O/c1-15-13-26(16(2)12-25(15)14-17-6-4-3-5-7-17)22(27)19-10-18-8-9-24-21(18)11-20(19)23/h3-11,15-16,24H,12-14H2,1-2H3/t15-,16+/m0/s1. The summed E-state index contributed by atoms with van der Waals surface area (Å²) in [6.45, 7) is 6.77. The molecule has 140 valence electrons. The number of halogens is 1. The van der Waals surface area contributed by atoms with Gasteiger partial charge in [-0.1, -0.05) is 41.9 Å². The van der Waals surface area contributed by atoms with E-state index in [1.165, 1.54) is 5.56 Å². The van der Waals surface area contributed by atoms with Crippen LogP contribution in [0.3, 0.4) is 0 Å². The first-order chi connectivity index (χ1) is 13.0. The summed E-state index contributed by atoms with van der Waals surface area (Å²) in [5.74, 6) is 0.0156. The van der Waals surface area contributed by atoms with E-state index >= 15 is 0 Å². The molecule has 27 heavy (non-hydrogen) atoms. The lowest BCUT2D eigenvalue weighted by Gasteiger charge is -2.44. The van der Waals surface area contributed by atoms with E-state index in [0.717, 1.165) is 24.0 Å². The Kier molecular flexibility index (Phi) is 4.94. The quantitative estimate of drug-likeness (QED) is 0.722. The van der Waals surface area contributed by atoms with Gasteiger partial charge in [-0.05, 0) is 37.6 Å². The van der Waals surface area contributed by atoms with E-state index in [1.807, 2.05) is 35.4 Å². The summed E-state index contributed by atoms with van der Waals surface area (Å²) in [5.41, 5.74) is 2.84. The van der Waals surface area contributed by atoms with Gasteiger partial charge in [-0.2, -0.15) is 0 Å². The fourth-order valence-electron chi connectivity index (χ4n) is 3.91.